The number of thiazole rings is 1. The Morgan fingerprint density at radius 3 is 2.86 bits per heavy atom. The van der Waals surface area contributed by atoms with Gasteiger partial charge >= 0.3 is 5.97 Å². The van der Waals surface area contributed by atoms with Crippen LogP contribution < -0.4 is 4.90 Å². The zero-order valence-electron chi connectivity index (χ0n) is 11.4. The summed E-state index contributed by atoms with van der Waals surface area (Å²) in [5.41, 5.74) is 0. The molecule has 2 aromatic heterocycles. The zero-order chi connectivity index (χ0) is 14.8. The van der Waals surface area contributed by atoms with Crippen molar-refractivity contribution in [2.24, 2.45) is 0 Å². The predicted octanol–water partition coefficient (Wildman–Crippen LogP) is 2.02. The molecular formula is C12H14ClN5O2S. The van der Waals surface area contributed by atoms with Crippen LogP contribution >= 0.6 is 22.9 Å². The zero-order valence-corrected chi connectivity index (χ0v) is 13.0. The third kappa shape index (κ3) is 2.86. The van der Waals surface area contributed by atoms with E-state index in [0.29, 0.717) is 10.9 Å². The lowest BCUT2D eigenvalue weighted by molar-refractivity contribution is 0.0606. The first kappa shape index (κ1) is 14.3. The summed E-state index contributed by atoms with van der Waals surface area (Å²) >= 11 is 7.27. The van der Waals surface area contributed by atoms with E-state index in [1.54, 1.807) is 12.7 Å². The van der Waals surface area contributed by atoms with Gasteiger partial charge in [-0.15, -0.1) is 0 Å². The van der Waals surface area contributed by atoms with Crippen LogP contribution in [0, 0.1) is 0 Å². The van der Waals surface area contributed by atoms with Crippen LogP contribution in [0.15, 0.2) is 12.7 Å². The van der Waals surface area contributed by atoms with Gasteiger partial charge in [0, 0.05) is 13.1 Å². The van der Waals surface area contributed by atoms with Gasteiger partial charge in [0.1, 0.15) is 12.7 Å². The van der Waals surface area contributed by atoms with Gasteiger partial charge in [-0.2, -0.15) is 5.10 Å². The molecule has 0 bridgehead atoms. The molecule has 7 nitrogen and oxygen atoms in total. The van der Waals surface area contributed by atoms with Crippen LogP contribution in [0.3, 0.4) is 0 Å². The molecule has 0 unspecified atom stereocenters. The summed E-state index contributed by atoms with van der Waals surface area (Å²) in [7, 11) is 1.33. The molecule has 1 saturated heterocycles. The summed E-state index contributed by atoms with van der Waals surface area (Å²) in [5, 5.41) is 5.15. The summed E-state index contributed by atoms with van der Waals surface area (Å²) in [6.07, 6.45) is 5.20. The second-order valence-electron chi connectivity index (χ2n) is 4.70. The monoisotopic (exact) mass is 327 g/mol. The van der Waals surface area contributed by atoms with Crippen molar-refractivity contribution in [3.05, 3.63) is 22.7 Å². The van der Waals surface area contributed by atoms with Crippen molar-refractivity contribution >= 4 is 34.0 Å². The fourth-order valence-corrected chi connectivity index (χ4v) is 3.62. The van der Waals surface area contributed by atoms with Gasteiger partial charge in [-0.3, -0.25) is 0 Å². The molecule has 3 rings (SSSR count). The molecule has 1 aliphatic rings. The lowest BCUT2D eigenvalue weighted by Crippen LogP contribution is -2.34. The minimum Gasteiger partial charge on any atom is -0.465 e. The second-order valence-corrected chi connectivity index (χ2v) is 6.04. The van der Waals surface area contributed by atoms with E-state index in [1.165, 1.54) is 18.4 Å². The Morgan fingerprint density at radius 2 is 2.24 bits per heavy atom. The highest BCUT2D eigenvalue weighted by Gasteiger charge is 2.25. The maximum absolute atomic E-state index is 11.6. The van der Waals surface area contributed by atoms with E-state index in [2.05, 4.69) is 20.0 Å². The number of methoxy groups -OCH3 is 1. The van der Waals surface area contributed by atoms with Gasteiger partial charge in [-0.05, 0) is 12.8 Å². The normalized spacial score (nSPS) is 16.2. The van der Waals surface area contributed by atoms with Crippen molar-refractivity contribution in [1.82, 2.24) is 19.7 Å². The molecule has 0 saturated carbocycles. The first-order chi connectivity index (χ1) is 10.2. The number of piperidine rings is 1. The summed E-state index contributed by atoms with van der Waals surface area (Å²) in [6.45, 7) is 1.68. The Balaban J connectivity index is 1.68. The largest absolute Gasteiger partial charge is 0.465 e. The van der Waals surface area contributed by atoms with Gasteiger partial charge in [0.05, 0.1) is 13.2 Å². The van der Waals surface area contributed by atoms with Crippen molar-refractivity contribution in [1.29, 1.82) is 0 Å². The predicted molar refractivity (Wildman–Crippen MR) is 79.0 cm³/mol. The summed E-state index contributed by atoms with van der Waals surface area (Å²) in [4.78, 5) is 22.3. The molecule has 0 N–H and O–H groups in total. The molecule has 0 aliphatic carbocycles. The van der Waals surface area contributed by atoms with E-state index >= 15 is 0 Å². The number of carbonyl (C=O) groups is 1. The Labute approximate surface area is 130 Å². The summed E-state index contributed by atoms with van der Waals surface area (Å²) < 4.78 is 6.59. The van der Waals surface area contributed by atoms with E-state index in [-0.39, 0.29) is 5.15 Å². The first-order valence-electron chi connectivity index (χ1n) is 6.52. The smallest absolute Gasteiger partial charge is 0.351 e. The molecule has 0 atom stereocenters. The molecule has 1 aliphatic heterocycles. The number of anilines is 1. The van der Waals surface area contributed by atoms with Crippen molar-refractivity contribution in [3.63, 3.8) is 0 Å². The maximum Gasteiger partial charge on any atom is 0.351 e. The third-order valence-corrected chi connectivity index (χ3v) is 4.97. The van der Waals surface area contributed by atoms with Crippen molar-refractivity contribution in [2.45, 2.75) is 18.9 Å². The number of carbonyl (C=O) groups excluding carboxylic acids is 1. The van der Waals surface area contributed by atoms with Gasteiger partial charge in [0.25, 0.3) is 0 Å². The Kier molecular flexibility index (Phi) is 4.07. The van der Waals surface area contributed by atoms with E-state index in [9.17, 15) is 4.79 Å². The van der Waals surface area contributed by atoms with Crippen LogP contribution in [0.25, 0.3) is 0 Å². The number of halogens is 1. The lowest BCUT2D eigenvalue weighted by atomic mass is 10.1. The summed E-state index contributed by atoms with van der Waals surface area (Å²) in [5.74, 6) is -0.443. The van der Waals surface area contributed by atoms with Crippen LogP contribution in [0.4, 0.5) is 5.13 Å². The fourth-order valence-electron chi connectivity index (χ4n) is 2.37. The average molecular weight is 328 g/mol. The SMILES string of the molecule is COC(=O)c1sc(N2CCC(n3cncn3)CC2)nc1Cl. The molecule has 0 spiro atoms. The van der Waals surface area contributed by atoms with Crippen molar-refractivity contribution in [2.75, 3.05) is 25.1 Å². The Bertz CT molecular complexity index is 622. The molecule has 1 fully saturated rings. The molecule has 112 valence electrons. The van der Waals surface area contributed by atoms with Crippen molar-refractivity contribution < 1.29 is 9.53 Å². The maximum atomic E-state index is 11.6. The van der Waals surface area contributed by atoms with E-state index in [0.717, 1.165) is 31.1 Å². The lowest BCUT2D eigenvalue weighted by Gasteiger charge is -2.31. The van der Waals surface area contributed by atoms with Crippen LogP contribution in [0.5, 0.6) is 0 Å². The fraction of sp³-hybridized carbons (Fsp3) is 0.500. The first-order valence-corrected chi connectivity index (χ1v) is 7.72. The molecule has 3 heterocycles. The van der Waals surface area contributed by atoms with Gasteiger partial charge in [0.15, 0.2) is 15.2 Å². The third-order valence-electron chi connectivity index (χ3n) is 3.49. The highest BCUT2D eigenvalue weighted by molar-refractivity contribution is 7.18. The standard InChI is InChI=1S/C12H14ClN5O2S/c1-20-11(19)9-10(13)16-12(21-9)17-4-2-8(3-5-17)18-7-14-6-15-18/h6-8H,2-5H2,1H3. The van der Waals surface area contributed by atoms with Gasteiger partial charge < -0.3 is 9.64 Å². The molecular weight excluding hydrogens is 314 g/mol. The average Bonchev–Trinajstić information content (AvgIpc) is 3.16. The molecule has 9 heteroatoms. The van der Waals surface area contributed by atoms with Gasteiger partial charge in [-0.25, -0.2) is 19.4 Å². The Hall–Kier alpha value is -1.67. The molecule has 0 aromatic carbocycles. The van der Waals surface area contributed by atoms with E-state index in [1.807, 2.05) is 4.68 Å². The van der Waals surface area contributed by atoms with E-state index < -0.39 is 5.97 Å². The number of hydrogen-bond acceptors (Lipinski definition) is 7. The number of nitrogens with zero attached hydrogens (tertiary/aromatic N) is 5. The molecule has 0 amide bonds. The van der Waals surface area contributed by atoms with Crippen LogP contribution in [0.1, 0.15) is 28.6 Å². The van der Waals surface area contributed by atoms with Gasteiger partial charge in [0.2, 0.25) is 0 Å². The van der Waals surface area contributed by atoms with Crippen molar-refractivity contribution in [3.8, 4) is 0 Å². The Morgan fingerprint density at radius 1 is 1.48 bits per heavy atom. The highest BCUT2D eigenvalue weighted by Crippen LogP contribution is 2.33. The number of ether oxygens (including phenoxy) is 1. The second kappa shape index (κ2) is 5.98. The molecule has 0 radical (unpaired) electrons. The molecule has 2 aromatic rings. The van der Waals surface area contributed by atoms with Crippen LogP contribution in [0.2, 0.25) is 5.15 Å². The quantitative estimate of drug-likeness (QED) is 0.803. The minimum atomic E-state index is -0.443. The van der Waals surface area contributed by atoms with Gasteiger partial charge in [-0.1, -0.05) is 22.9 Å². The number of rotatable bonds is 3. The number of esters is 1. The molecule has 21 heavy (non-hydrogen) atoms. The van der Waals surface area contributed by atoms with Crippen LogP contribution in [-0.4, -0.2) is 45.9 Å². The highest BCUT2D eigenvalue weighted by atomic mass is 35.5. The summed E-state index contributed by atoms with van der Waals surface area (Å²) in [6, 6.07) is 0.360. The van der Waals surface area contributed by atoms with Crippen LogP contribution in [-0.2, 0) is 4.74 Å². The number of aromatic nitrogens is 4. The minimum absolute atomic E-state index is 0.209. The van der Waals surface area contributed by atoms with E-state index in [4.69, 9.17) is 16.3 Å². The number of hydrogen-bond donors (Lipinski definition) is 0. The topological polar surface area (TPSA) is 73.1 Å².